The number of rotatable bonds is 3. The molecule has 0 spiro atoms. The molecule has 0 bridgehead atoms. The van der Waals surface area contributed by atoms with E-state index in [9.17, 15) is 9.59 Å². The summed E-state index contributed by atoms with van der Waals surface area (Å²) in [4.78, 5) is 23.1. The molecule has 0 aliphatic carbocycles. The molecule has 0 aromatic heterocycles. The summed E-state index contributed by atoms with van der Waals surface area (Å²) in [5.41, 5.74) is 0.245. The Balaban J connectivity index is 2.84. The number of halogens is 2. The van der Waals surface area contributed by atoms with Crippen molar-refractivity contribution in [2.75, 3.05) is 7.05 Å². The van der Waals surface area contributed by atoms with Crippen molar-refractivity contribution in [3.8, 4) is 0 Å². The first-order valence-corrected chi connectivity index (χ1v) is 5.69. The Hall–Kier alpha value is -1.26. The molecule has 1 rings (SSSR count). The number of carbonyl (C=O) groups excluding carboxylic acids is 2. The van der Waals surface area contributed by atoms with Gasteiger partial charge >= 0.3 is 0 Å². The van der Waals surface area contributed by atoms with Crippen LogP contribution in [0.25, 0.3) is 0 Å². The van der Waals surface area contributed by atoms with Crippen LogP contribution in [0.3, 0.4) is 0 Å². The Morgan fingerprint density at radius 1 is 1.29 bits per heavy atom. The van der Waals surface area contributed by atoms with Gasteiger partial charge in [-0.25, -0.2) is 0 Å². The molecule has 0 heterocycles. The van der Waals surface area contributed by atoms with Gasteiger partial charge in [-0.15, -0.1) is 0 Å². The number of amides is 2. The van der Waals surface area contributed by atoms with Crippen LogP contribution in [0.15, 0.2) is 18.2 Å². The molecule has 0 aliphatic rings. The highest BCUT2D eigenvalue weighted by molar-refractivity contribution is 6.43. The van der Waals surface area contributed by atoms with E-state index < -0.39 is 11.9 Å². The van der Waals surface area contributed by atoms with Crippen LogP contribution in [-0.4, -0.2) is 24.9 Å². The molecule has 0 fully saturated rings. The molecule has 0 radical (unpaired) electrons. The largest absolute Gasteiger partial charge is 0.357 e. The Morgan fingerprint density at radius 3 is 2.53 bits per heavy atom. The summed E-state index contributed by atoms with van der Waals surface area (Å²) >= 11 is 11.7. The summed E-state index contributed by atoms with van der Waals surface area (Å²) in [7, 11) is 1.50. The van der Waals surface area contributed by atoms with Gasteiger partial charge in [-0.2, -0.15) is 0 Å². The fourth-order valence-corrected chi connectivity index (χ4v) is 1.62. The fourth-order valence-electron chi connectivity index (χ4n) is 1.24. The van der Waals surface area contributed by atoms with Crippen molar-refractivity contribution in [1.82, 2.24) is 10.6 Å². The maximum atomic E-state index is 11.8. The molecule has 17 heavy (non-hydrogen) atoms. The normalized spacial score (nSPS) is 11.8. The van der Waals surface area contributed by atoms with Gasteiger partial charge in [-0.05, 0) is 19.1 Å². The zero-order valence-electron chi connectivity index (χ0n) is 9.38. The van der Waals surface area contributed by atoms with Crippen molar-refractivity contribution in [2.24, 2.45) is 0 Å². The third kappa shape index (κ3) is 3.35. The van der Waals surface area contributed by atoms with E-state index in [1.165, 1.54) is 7.05 Å². The lowest BCUT2D eigenvalue weighted by Crippen LogP contribution is -2.43. The maximum absolute atomic E-state index is 11.8. The molecule has 0 saturated carbocycles. The predicted molar refractivity (Wildman–Crippen MR) is 67.5 cm³/mol. The summed E-state index contributed by atoms with van der Waals surface area (Å²) in [5.74, 6) is -0.717. The Bertz CT molecular complexity index is 449. The molecule has 1 aromatic rings. The quantitative estimate of drug-likeness (QED) is 0.884. The molecule has 1 atom stereocenters. The van der Waals surface area contributed by atoms with Gasteiger partial charge in [0, 0.05) is 7.05 Å². The van der Waals surface area contributed by atoms with E-state index in [-0.39, 0.29) is 16.5 Å². The smallest absolute Gasteiger partial charge is 0.253 e. The number of carbonyl (C=O) groups is 2. The second kappa shape index (κ2) is 5.89. The molecule has 1 aromatic carbocycles. The summed E-state index contributed by atoms with van der Waals surface area (Å²) in [6.07, 6.45) is 0. The van der Waals surface area contributed by atoms with Crippen LogP contribution in [0.5, 0.6) is 0 Å². The van der Waals surface area contributed by atoms with Crippen molar-refractivity contribution in [3.05, 3.63) is 33.8 Å². The topological polar surface area (TPSA) is 58.2 Å². The van der Waals surface area contributed by atoms with Gasteiger partial charge in [-0.1, -0.05) is 29.3 Å². The molecular formula is C11H12Cl2N2O2. The van der Waals surface area contributed by atoms with E-state index >= 15 is 0 Å². The molecule has 2 N–H and O–H groups in total. The van der Waals surface area contributed by atoms with Crippen LogP contribution in [0, 0.1) is 0 Å². The summed E-state index contributed by atoms with van der Waals surface area (Å²) in [5, 5.41) is 5.43. The monoisotopic (exact) mass is 274 g/mol. The van der Waals surface area contributed by atoms with E-state index in [1.54, 1.807) is 25.1 Å². The van der Waals surface area contributed by atoms with Gasteiger partial charge in [-0.3, -0.25) is 9.59 Å². The highest BCUT2D eigenvalue weighted by Crippen LogP contribution is 2.25. The zero-order chi connectivity index (χ0) is 13.0. The van der Waals surface area contributed by atoms with Crippen LogP contribution < -0.4 is 10.6 Å². The van der Waals surface area contributed by atoms with Crippen molar-refractivity contribution < 1.29 is 9.59 Å². The zero-order valence-corrected chi connectivity index (χ0v) is 10.9. The Morgan fingerprint density at radius 2 is 1.94 bits per heavy atom. The first-order valence-electron chi connectivity index (χ1n) is 4.93. The Kier molecular flexibility index (Phi) is 4.78. The van der Waals surface area contributed by atoms with E-state index in [0.717, 1.165) is 0 Å². The van der Waals surface area contributed by atoms with Gasteiger partial charge in [0.05, 0.1) is 15.6 Å². The average molecular weight is 275 g/mol. The minimum Gasteiger partial charge on any atom is -0.357 e. The van der Waals surface area contributed by atoms with E-state index in [4.69, 9.17) is 23.2 Å². The lowest BCUT2D eigenvalue weighted by atomic mass is 10.2. The fraction of sp³-hybridized carbons (Fsp3) is 0.273. The van der Waals surface area contributed by atoms with Gasteiger partial charge in [0.1, 0.15) is 6.04 Å². The van der Waals surface area contributed by atoms with E-state index in [0.29, 0.717) is 5.02 Å². The lowest BCUT2D eigenvalue weighted by molar-refractivity contribution is -0.122. The minimum absolute atomic E-state index is 0.177. The second-order valence-electron chi connectivity index (χ2n) is 3.41. The molecule has 4 nitrogen and oxygen atoms in total. The number of hydrogen-bond donors (Lipinski definition) is 2. The molecular weight excluding hydrogens is 263 g/mol. The number of benzene rings is 1. The lowest BCUT2D eigenvalue weighted by Gasteiger charge is -2.13. The Labute approximate surface area is 109 Å². The molecule has 1 unspecified atom stereocenters. The third-order valence-electron chi connectivity index (χ3n) is 2.18. The maximum Gasteiger partial charge on any atom is 0.253 e. The first-order chi connectivity index (χ1) is 7.97. The molecule has 0 aliphatic heterocycles. The molecule has 92 valence electrons. The van der Waals surface area contributed by atoms with Crippen molar-refractivity contribution in [2.45, 2.75) is 13.0 Å². The average Bonchev–Trinajstić information content (AvgIpc) is 2.31. The summed E-state index contributed by atoms with van der Waals surface area (Å²) in [6.45, 7) is 1.58. The predicted octanol–water partition coefficient (Wildman–Crippen LogP) is 1.86. The minimum atomic E-state index is -0.637. The second-order valence-corrected chi connectivity index (χ2v) is 4.20. The van der Waals surface area contributed by atoms with Gasteiger partial charge in [0.2, 0.25) is 5.91 Å². The van der Waals surface area contributed by atoms with Crippen LogP contribution in [0.2, 0.25) is 10.0 Å². The number of nitrogens with one attached hydrogen (secondary N) is 2. The van der Waals surface area contributed by atoms with E-state index in [2.05, 4.69) is 10.6 Å². The van der Waals surface area contributed by atoms with Gasteiger partial charge in [0.15, 0.2) is 0 Å². The highest BCUT2D eigenvalue weighted by Gasteiger charge is 2.17. The van der Waals surface area contributed by atoms with Crippen molar-refractivity contribution in [1.29, 1.82) is 0 Å². The molecule has 6 heteroatoms. The van der Waals surface area contributed by atoms with E-state index in [1.807, 2.05) is 0 Å². The molecule has 2 amide bonds. The molecule has 0 saturated heterocycles. The van der Waals surface area contributed by atoms with Crippen molar-refractivity contribution in [3.63, 3.8) is 0 Å². The summed E-state index contributed by atoms with van der Waals surface area (Å²) < 4.78 is 0. The number of hydrogen-bond acceptors (Lipinski definition) is 2. The van der Waals surface area contributed by atoms with Gasteiger partial charge in [0.25, 0.3) is 5.91 Å². The van der Waals surface area contributed by atoms with Gasteiger partial charge < -0.3 is 10.6 Å². The third-order valence-corrected chi connectivity index (χ3v) is 3.00. The van der Waals surface area contributed by atoms with Crippen LogP contribution in [0.4, 0.5) is 0 Å². The van der Waals surface area contributed by atoms with Crippen LogP contribution in [-0.2, 0) is 4.79 Å². The van der Waals surface area contributed by atoms with Crippen LogP contribution in [0.1, 0.15) is 17.3 Å². The van der Waals surface area contributed by atoms with Crippen LogP contribution >= 0.6 is 23.2 Å². The summed E-state index contributed by atoms with van der Waals surface area (Å²) in [6, 6.07) is 4.11. The SMILES string of the molecule is CNC(=O)C(C)NC(=O)c1cccc(Cl)c1Cl. The first kappa shape index (κ1) is 13.8. The van der Waals surface area contributed by atoms with Crippen molar-refractivity contribution >= 4 is 35.0 Å². The standard InChI is InChI=1S/C11H12Cl2N2O2/c1-6(10(16)14-2)15-11(17)7-4-3-5-8(12)9(7)13/h3-6H,1-2H3,(H,14,16)(H,15,17). The number of likely N-dealkylation sites (N-methyl/N-ethyl adjacent to an activating group) is 1. The highest BCUT2D eigenvalue weighted by atomic mass is 35.5.